The standard InChI is InChI=1S/C16H18N2O/c1-2-16(19)18-12-14(13-8-4-3-5-9-13)15-10-6-7-11-17-15/h3-11,14H,2,12H2,1H3,(H,18,19). The molecule has 19 heavy (non-hydrogen) atoms. The van der Waals surface area contributed by atoms with Crippen molar-refractivity contribution in [3.05, 3.63) is 66.0 Å². The van der Waals surface area contributed by atoms with Gasteiger partial charge in [0.25, 0.3) is 0 Å². The number of aromatic nitrogens is 1. The Bertz CT molecular complexity index is 471. The monoisotopic (exact) mass is 254 g/mol. The molecule has 0 aliphatic heterocycles. The van der Waals surface area contributed by atoms with Crippen LogP contribution in [0, 0.1) is 0 Å². The van der Waals surface area contributed by atoms with Gasteiger partial charge in [-0.15, -0.1) is 0 Å². The van der Waals surface area contributed by atoms with Crippen molar-refractivity contribution < 1.29 is 4.79 Å². The number of hydrogen-bond donors (Lipinski definition) is 1. The van der Waals surface area contributed by atoms with Crippen LogP contribution in [0.5, 0.6) is 0 Å². The molecule has 1 amide bonds. The fourth-order valence-corrected chi connectivity index (χ4v) is 2.00. The Morgan fingerprint density at radius 3 is 2.53 bits per heavy atom. The first-order chi connectivity index (χ1) is 9.31. The van der Waals surface area contributed by atoms with Crippen molar-refractivity contribution in [3.63, 3.8) is 0 Å². The second-order valence-corrected chi connectivity index (χ2v) is 4.38. The number of hydrogen-bond acceptors (Lipinski definition) is 2. The van der Waals surface area contributed by atoms with Gasteiger partial charge in [-0.25, -0.2) is 0 Å². The molecule has 0 aliphatic carbocycles. The van der Waals surface area contributed by atoms with E-state index in [1.165, 1.54) is 0 Å². The van der Waals surface area contributed by atoms with Crippen LogP contribution >= 0.6 is 0 Å². The number of rotatable bonds is 5. The molecule has 0 fully saturated rings. The highest BCUT2D eigenvalue weighted by atomic mass is 16.1. The second kappa shape index (κ2) is 6.69. The first kappa shape index (κ1) is 13.3. The van der Waals surface area contributed by atoms with Gasteiger partial charge in [0.2, 0.25) is 5.91 Å². The van der Waals surface area contributed by atoms with Crippen molar-refractivity contribution in [3.8, 4) is 0 Å². The highest BCUT2D eigenvalue weighted by molar-refractivity contribution is 5.75. The third kappa shape index (κ3) is 3.65. The van der Waals surface area contributed by atoms with E-state index in [1.54, 1.807) is 6.20 Å². The quantitative estimate of drug-likeness (QED) is 0.891. The Morgan fingerprint density at radius 2 is 1.89 bits per heavy atom. The number of benzene rings is 1. The summed E-state index contributed by atoms with van der Waals surface area (Å²) in [6.07, 6.45) is 2.29. The lowest BCUT2D eigenvalue weighted by Crippen LogP contribution is -2.28. The molecule has 0 aliphatic rings. The van der Waals surface area contributed by atoms with Gasteiger partial charge in [-0.1, -0.05) is 43.3 Å². The predicted molar refractivity (Wildman–Crippen MR) is 75.8 cm³/mol. The Morgan fingerprint density at radius 1 is 1.16 bits per heavy atom. The summed E-state index contributed by atoms with van der Waals surface area (Å²) in [6.45, 7) is 2.43. The Balaban J connectivity index is 2.21. The summed E-state index contributed by atoms with van der Waals surface area (Å²) in [7, 11) is 0. The van der Waals surface area contributed by atoms with Gasteiger partial charge in [0, 0.05) is 30.8 Å². The van der Waals surface area contributed by atoms with E-state index in [-0.39, 0.29) is 11.8 Å². The first-order valence-corrected chi connectivity index (χ1v) is 6.54. The van der Waals surface area contributed by atoms with E-state index < -0.39 is 0 Å². The van der Waals surface area contributed by atoms with Crippen LogP contribution in [0.15, 0.2) is 54.7 Å². The molecule has 2 aromatic rings. The van der Waals surface area contributed by atoms with Gasteiger partial charge in [-0.3, -0.25) is 9.78 Å². The Kier molecular flexibility index (Phi) is 4.67. The maximum atomic E-state index is 11.4. The summed E-state index contributed by atoms with van der Waals surface area (Å²) >= 11 is 0. The van der Waals surface area contributed by atoms with Gasteiger partial charge in [-0.05, 0) is 17.7 Å². The largest absolute Gasteiger partial charge is 0.355 e. The molecule has 2 rings (SSSR count). The van der Waals surface area contributed by atoms with E-state index in [0.29, 0.717) is 13.0 Å². The molecule has 0 saturated heterocycles. The van der Waals surface area contributed by atoms with Crippen LogP contribution in [0.1, 0.15) is 30.5 Å². The normalized spacial score (nSPS) is 11.8. The smallest absolute Gasteiger partial charge is 0.219 e. The molecule has 0 spiro atoms. The zero-order valence-corrected chi connectivity index (χ0v) is 11.0. The fourth-order valence-electron chi connectivity index (χ4n) is 2.00. The van der Waals surface area contributed by atoms with E-state index in [2.05, 4.69) is 22.4 Å². The van der Waals surface area contributed by atoms with Gasteiger partial charge >= 0.3 is 0 Å². The van der Waals surface area contributed by atoms with Crippen molar-refractivity contribution in [2.75, 3.05) is 6.54 Å². The Hall–Kier alpha value is -2.16. The highest BCUT2D eigenvalue weighted by Gasteiger charge is 2.15. The Labute approximate surface area is 113 Å². The number of nitrogens with one attached hydrogen (secondary N) is 1. The van der Waals surface area contributed by atoms with Gasteiger partial charge in [0.1, 0.15) is 0 Å². The zero-order chi connectivity index (χ0) is 13.5. The number of nitrogens with zero attached hydrogens (tertiary/aromatic N) is 1. The van der Waals surface area contributed by atoms with Crippen LogP contribution in [-0.2, 0) is 4.79 Å². The average Bonchev–Trinajstić information content (AvgIpc) is 2.49. The molecular weight excluding hydrogens is 236 g/mol. The maximum absolute atomic E-state index is 11.4. The maximum Gasteiger partial charge on any atom is 0.219 e. The van der Waals surface area contributed by atoms with Crippen LogP contribution in [-0.4, -0.2) is 17.4 Å². The van der Waals surface area contributed by atoms with Gasteiger partial charge in [0.05, 0.1) is 0 Å². The molecule has 1 unspecified atom stereocenters. The van der Waals surface area contributed by atoms with Gasteiger partial charge in [0.15, 0.2) is 0 Å². The van der Waals surface area contributed by atoms with Crippen LogP contribution in [0.4, 0.5) is 0 Å². The summed E-state index contributed by atoms with van der Waals surface area (Å²) in [4.78, 5) is 15.9. The summed E-state index contributed by atoms with van der Waals surface area (Å²) in [6, 6.07) is 16.0. The van der Waals surface area contributed by atoms with E-state index in [0.717, 1.165) is 11.3 Å². The van der Waals surface area contributed by atoms with Crippen LogP contribution in [0.25, 0.3) is 0 Å². The molecule has 0 saturated carbocycles. The number of carbonyl (C=O) groups is 1. The molecule has 1 N–H and O–H groups in total. The molecule has 1 heterocycles. The van der Waals surface area contributed by atoms with E-state index in [4.69, 9.17) is 0 Å². The van der Waals surface area contributed by atoms with Crippen molar-refractivity contribution in [2.45, 2.75) is 19.3 Å². The third-order valence-electron chi connectivity index (χ3n) is 3.07. The number of pyridine rings is 1. The van der Waals surface area contributed by atoms with Crippen molar-refractivity contribution in [2.24, 2.45) is 0 Å². The zero-order valence-electron chi connectivity index (χ0n) is 11.0. The van der Waals surface area contributed by atoms with E-state index >= 15 is 0 Å². The minimum Gasteiger partial charge on any atom is -0.355 e. The summed E-state index contributed by atoms with van der Waals surface area (Å²) in [5.41, 5.74) is 2.14. The molecule has 1 atom stereocenters. The molecule has 1 aromatic heterocycles. The molecule has 0 bridgehead atoms. The lowest BCUT2D eigenvalue weighted by molar-refractivity contribution is -0.120. The summed E-state index contributed by atoms with van der Waals surface area (Å²) in [5.74, 6) is 0.162. The molecule has 0 radical (unpaired) electrons. The van der Waals surface area contributed by atoms with Gasteiger partial charge in [-0.2, -0.15) is 0 Å². The number of amides is 1. The lowest BCUT2D eigenvalue weighted by Gasteiger charge is -2.17. The predicted octanol–water partition coefficient (Wildman–Crippen LogP) is 2.74. The summed E-state index contributed by atoms with van der Waals surface area (Å²) < 4.78 is 0. The minimum atomic E-state index is 0.0665. The topological polar surface area (TPSA) is 42.0 Å². The van der Waals surface area contributed by atoms with Gasteiger partial charge < -0.3 is 5.32 Å². The van der Waals surface area contributed by atoms with Crippen molar-refractivity contribution in [1.29, 1.82) is 0 Å². The molecule has 3 heteroatoms. The van der Waals surface area contributed by atoms with Crippen LogP contribution in [0.2, 0.25) is 0 Å². The van der Waals surface area contributed by atoms with E-state index in [9.17, 15) is 4.79 Å². The lowest BCUT2D eigenvalue weighted by atomic mass is 9.95. The minimum absolute atomic E-state index is 0.0665. The fraction of sp³-hybridized carbons (Fsp3) is 0.250. The SMILES string of the molecule is CCC(=O)NCC(c1ccccc1)c1ccccn1. The first-order valence-electron chi connectivity index (χ1n) is 6.54. The number of carbonyl (C=O) groups excluding carboxylic acids is 1. The average molecular weight is 254 g/mol. The second-order valence-electron chi connectivity index (χ2n) is 4.38. The third-order valence-corrected chi connectivity index (χ3v) is 3.07. The van der Waals surface area contributed by atoms with Crippen molar-refractivity contribution >= 4 is 5.91 Å². The molecule has 1 aromatic carbocycles. The highest BCUT2D eigenvalue weighted by Crippen LogP contribution is 2.21. The van der Waals surface area contributed by atoms with Crippen LogP contribution in [0.3, 0.4) is 0 Å². The van der Waals surface area contributed by atoms with Crippen molar-refractivity contribution in [1.82, 2.24) is 10.3 Å². The molecular formula is C16H18N2O. The molecule has 3 nitrogen and oxygen atoms in total. The summed E-state index contributed by atoms with van der Waals surface area (Å²) in [5, 5.41) is 2.95. The van der Waals surface area contributed by atoms with E-state index in [1.807, 2.05) is 43.3 Å². The van der Waals surface area contributed by atoms with Crippen LogP contribution < -0.4 is 5.32 Å². The molecule has 98 valence electrons.